The van der Waals surface area contributed by atoms with Crippen LogP contribution >= 0.6 is 11.3 Å². The van der Waals surface area contributed by atoms with Gasteiger partial charge in [-0.3, -0.25) is 4.79 Å². The fourth-order valence-corrected chi connectivity index (χ4v) is 2.14. The Kier molecular flexibility index (Phi) is 3.65. The Morgan fingerprint density at radius 1 is 1.53 bits per heavy atom. The molecule has 2 rings (SSSR count). The molecule has 0 aromatic carbocycles. The SMILES string of the molecule is CNCc1cnc(Cc2csc(C)n2)[nH]c1=O. The summed E-state index contributed by atoms with van der Waals surface area (Å²) in [5, 5.41) is 5.93. The Balaban J connectivity index is 2.17. The molecule has 2 N–H and O–H groups in total. The summed E-state index contributed by atoms with van der Waals surface area (Å²) >= 11 is 1.60. The van der Waals surface area contributed by atoms with Gasteiger partial charge in [-0.15, -0.1) is 11.3 Å². The number of aromatic nitrogens is 3. The quantitative estimate of drug-likeness (QED) is 0.843. The molecule has 0 radical (unpaired) electrons. The molecule has 2 aromatic heterocycles. The second kappa shape index (κ2) is 5.20. The molecule has 0 saturated heterocycles. The van der Waals surface area contributed by atoms with Gasteiger partial charge in [0.05, 0.1) is 10.7 Å². The van der Waals surface area contributed by atoms with Crippen molar-refractivity contribution in [2.45, 2.75) is 19.9 Å². The van der Waals surface area contributed by atoms with E-state index in [9.17, 15) is 4.79 Å². The standard InChI is InChI=1S/C11H14N4OS/c1-7-14-9(6-17-7)3-10-13-5-8(4-12-2)11(16)15-10/h5-6,12H,3-4H2,1-2H3,(H,13,15,16). The molecule has 0 bridgehead atoms. The van der Waals surface area contributed by atoms with E-state index in [1.807, 2.05) is 12.3 Å². The molecule has 0 atom stereocenters. The van der Waals surface area contributed by atoms with Gasteiger partial charge in [0.1, 0.15) is 5.82 Å². The maximum atomic E-state index is 11.7. The third kappa shape index (κ3) is 2.98. The summed E-state index contributed by atoms with van der Waals surface area (Å²) in [5.41, 5.74) is 1.50. The number of hydrogen-bond donors (Lipinski definition) is 2. The normalized spacial score (nSPS) is 10.7. The number of thiazole rings is 1. The summed E-state index contributed by atoms with van der Waals surface area (Å²) in [5.74, 6) is 0.653. The van der Waals surface area contributed by atoms with Crippen molar-refractivity contribution in [3.8, 4) is 0 Å². The lowest BCUT2D eigenvalue weighted by atomic mass is 10.3. The number of rotatable bonds is 4. The van der Waals surface area contributed by atoms with Crippen LogP contribution in [0.1, 0.15) is 22.1 Å². The first-order chi connectivity index (χ1) is 8.19. The van der Waals surface area contributed by atoms with Crippen LogP contribution in [0.25, 0.3) is 0 Å². The van der Waals surface area contributed by atoms with Crippen molar-refractivity contribution in [2.24, 2.45) is 0 Å². The van der Waals surface area contributed by atoms with E-state index in [1.165, 1.54) is 0 Å². The first-order valence-electron chi connectivity index (χ1n) is 5.31. The fourth-order valence-electron chi connectivity index (χ4n) is 1.53. The van der Waals surface area contributed by atoms with Crippen molar-refractivity contribution >= 4 is 11.3 Å². The molecule has 2 aromatic rings. The van der Waals surface area contributed by atoms with Crippen LogP contribution < -0.4 is 10.9 Å². The highest BCUT2D eigenvalue weighted by molar-refractivity contribution is 7.09. The minimum Gasteiger partial charge on any atom is -0.315 e. The van der Waals surface area contributed by atoms with E-state index in [1.54, 1.807) is 24.6 Å². The molecular weight excluding hydrogens is 236 g/mol. The predicted octanol–water partition coefficient (Wildman–Crippen LogP) is 0.845. The van der Waals surface area contributed by atoms with Gasteiger partial charge < -0.3 is 10.3 Å². The molecule has 90 valence electrons. The molecule has 0 aliphatic heterocycles. The Hall–Kier alpha value is -1.53. The zero-order valence-corrected chi connectivity index (χ0v) is 10.6. The zero-order chi connectivity index (χ0) is 12.3. The van der Waals surface area contributed by atoms with E-state index in [-0.39, 0.29) is 5.56 Å². The first kappa shape index (κ1) is 11.9. The highest BCUT2D eigenvalue weighted by atomic mass is 32.1. The zero-order valence-electron chi connectivity index (χ0n) is 9.78. The molecule has 6 heteroatoms. The molecule has 0 saturated carbocycles. The van der Waals surface area contributed by atoms with Crippen LogP contribution in [0, 0.1) is 6.92 Å². The molecule has 0 aliphatic rings. The maximum absolute atomic E-state index is 11.7. The van der Waals surface area contributed by atoms with E-state index >= 15 is 0 Å². The molecular formula is C11H14N4OS. The summed E-state index contributed by atoms with van der Waals surface area (Å²) in [4.78, 5) is 23.0. The van der Waals surface area contributed by atoms with Gasteiger partial charge in [-0.2, -0.15) is 0 Å². The van der Waals surface area contributed by atoms with Crippen LogP contribution in [0.15, 0.2) is 16.4 Å². The van der Waals surface area contributed by atoms with Crippen LogP contribution in [-0.4, -0.2) is 22.0 Å². The van der Waals surface area contributed by atoms with E-state index in [0.29, 0.717) is 24.4 Å². The summed E-state index contributed by atoms with van der Waals surface area (Å²) in [6.45, 7) is 2.48. The first-order valence-corrected chi connectivity index (χ1v) is 6.19. The van der Waals surface area contributed by atoms with Gasteiger partial charge in [-0.05, 0) is 14.0 Å². The lowest BCUT2D eigenvalue weighted by Gasteiger charge is -2.01. The molecule has 5 nitrogen and oxygen atoms in total. The van der Waals surface area contributed by atoms with E-state index in [4.69, 9.17) is 0 Å². The number of nitrogens with zero attached hydrogens (tertiary/aromatic N) is 2. The van der Waals surface area contributed by atoms with Crippen LogP contribution in [0.3, 0.4) is 0 Å². The van der Waals surface area contributed by atoms with Crippen LogP contribution in [0.2, 0.25) is 0 Å². The molecule has 17 heavy (non-hydrogen) atoms. The van der Waals surface area contributed by atoms with Crippen molar-refractivity contribution < 1.29 is 0 Å². The molecule has 0 amide bonds. The fraction of sp³-hybridized carbons (Fsp3) is 0.364. The van der Waals surface area contributed by atoms with Crippen molar-refractivity contribution in [1.29, 1.82) is 0 Å². The van der Waals surface area contributed by atoms with Gasteiger partial charge in [-0.1, -0.05) is 0 Å². The minimum absolute atomic E-state index is 0.0868. The maximum Gasteiger partial charge on any atom is 0.255 e. The van der Waals surface area contributed by atoms with E-state index in [2.05, 4.69) is 20.3 Å². The van der Waals surface area contributed by atoms with Crippen LogP contribution in [-0.2, 0) is 13.0 Å². The number of aryl methyl sites for hydroxylation is 1. The summed E-state index contributed by atoms with van der Waals surface area (Å²) in [6, 6.07) is 0. The molecule has 0 spiro atoms. The van der Waals surface area contributed by atoms with Gasteiger partial charge in [0.25, 0.3) is 5.56 Å². The Morgan fingerprint density at radius 2 is 2.35 bits per heavy atom. The van der Waals surface area contributed by atoms with Gasteiger partial charge in [0.2, 0.25) is 0 Å². The largest absolute Gasteiger partial charge is 0.315 e. The lowest BCUT2D eigenvalue weighted by molar-refractivity contribution is 0.785. The molecule has 2 heterocycles. The van der Waals surface area contributed by atoms with Crippen molar-refractivity contribution in [3.05, 3.63) is 44.0 Å². The third-order valence-corrected chi connectivity index (χ3v) is 3.13. The van der Waals surface area contributed by atoms with E-state index in [0.717, 1.165) is 10.7 Å². The lowest BCUT2D eigenvalue weighted by Crippen LogP contribution is -2.20. The second-order valence-electron chi connectivity index (χ2n) is 3.75. The summed E-state index contributed by atoms with van der Waals surface area (Å²) < 4.78 is 0. The smallest absolute Gasteiger partial charge is 0.255 e. The van der Waals surface area contributed by atoms with Crippen molar-refractivity contribution in [2.75, 3.05) is 7.05 Å². The van der Waals surface area contributed by atoms with Crippen LogP contribution in [0.5, 0.6) is 0 Å². The van der Waals surface area contributed by atoms with Gasteiger partial charge in [0.15, 0.2) is 0 Å². The summed E-state index contributed by atoms with van der Waals surface area (Å²) in [7, 11) is 1.80. The van der Waals surface area contributed by atoms with Gasteiger partial charge >= 0.3 is 0 Å². The predicted molar refractivity (Wildman–Crippen MR) is 67.3 cm³/mol. The van der Waals surface area contributed by atoms with Crippen LogP contribution in [0.4, 0.5) is 0 Å². The average molecular weight is 250 g/mol. The topological polar surface area (TPSA) is 70.7 Å². The summed E-state index contributed by atoms with van der Waals surface area (Å²) in [6.07, 6.45) is 2.18. The minimum atomic E-state index is -0.0868. The Bertz CT molecular complexity index is 561. The number of H-pyrrole nitrogens is 1. The Labute approximate surface area is 103 Å². The monoisotopic (exact) mass is 250 g/mol. The number of nitrogens with one attached hydrogen (secondary N) is 2. The number of aromatic amines is 1. The molecule has 0 unspecified atom stereocenters. The second-order valence-corrected chi connectivity index (χ2v) is 4.81. The van der Waals surface area contributed by atoms with E-state index < -0.39 is 0 Å². The third-order valence-electron chi connectivity index (χ3n) is 2.31. The average Bonchev–Trinajstić information content (AvgIpc) is 2.68. The van der Waals surface area contributed by atoms with Gasteiger partial charge in [-0.25, -0.2) is 9.97 Å². The number of hydrogen-bond acceptors (Lipinski definition) is 5. The van der Waals surface area contributed by atoms with Gasteiger partial charge in [0, 0.05) is 30.1 Å². The van der Waals surface area contributed by atoms with Crippen molar-refractivity contribution in [1.82, 2.24) is 20.3 Å². The highest BCUT2D eigenvalue weighted by Crippen LogP contribution is 2.10. The molecule has 0 fully saturated rings. The molecule has 0 aliphatic carbocycles. The van der Waals surface area contributed by atoms with Crippen molar-refractivity contribution in [3.63, 3.8) is 0 Å². The highest BCUT2D eigenvalue weighted by Gasteiger charge is 2.05. The Morgan fingerprint density at radius 3 is 2.94 bits per heavy atom.